The Hall–Kier alpha value is -2.61. The Morgan fingerprint density at radius 3 is 1.67 bits per heavy atom. The molecule has 0 saturated carbocycles. The van der Waals surface area contributed by atoms with Crippen LogP contribution in [0.15, 0.2) is 51.3 Å². The molecule has 1 aromatic rings. The Kier molecular flexibility index (Phi) is 6.43. The number of hydrogen-bond donors (Lipinski definition) is 0. The van der Waals surface area contributed by atoms with E-state index < -0.39 is 23.8 Å². The fourth-order valence-corrected chi connectivity index (χ4v) is 3.40. The summed E-state index contributed by atoms with van der Waals surface area (Å²) in [4.78, 5) is 39.2. The van der Waals surface area contributed by atoms with Gasteiger partial charge in [0.1, 0.15) is 5.92 Å². The minimum Gasteiger partial charge on any atom is -0.468 e. The zero-order valence-electron chi connectivity index (χ0n) is 15.7. The minimum atomic E-state index is -1.23. The lowest BCUT2D eigenvalue weighted by Gasteiger charge is -2.36. The molecule has 0 unspecified atom stereocenters. The lowest BCUT2D eigenvalue weighted by molar-refractivity contribution is -0.148. The maximum Gasteiger partial charge on any atom is 0.336 e. The van der Waals surface area contributed by atoms with Crippen molar-refractivity contribution < 1.29 is 28.6 Å². The first-order valence-electron chi connectivity index (χ1n) is 8.00. The summed E-state index contributed by atoms with van der Waals surface area (Å²) in [6, 6.07) is 7.30. The molecule has 0 atom stereocenters. The van der Waals surface area contributed by atoms with Gasteiger partial charge >= 0.3 is 17.9 Å². The Morgan fingerprint density at radius 2 is 1.30 bits per heavy atom. The van der Waals surface area contributed by atoms with Gasteiger partial charge in [0.05, 0.1) is 32.5 Å². The van der Waals surface area contributed by atoms with Crippen molar-refractivity contribution in [1.82, 2.24) is 0 Å². The number of hydrogen-bond acceptors (Lipinski definition) is 7. The summed E-state index contributed by atoms with van der Waals surface area (Å²) in [5.74, 6) is -3.43. The van der Waals surface area contributed by atoms with Gasteiger partial charge < -0.3 is 19.1 Å². The number of anilines is 1. The Labute approximate surface area is 165 Å². The van der Waals surface area contributed by atoms with Crippen LogP contribution in [0.2, 0.25) is 0 Å². The predicted molar refractivity (Wildman–Crippen MR) is 102 cm³/mol. The van der Waals surface area contributed by atoms with Gasteiger partial charge in [0.15, 0.2) is 0 Å². The summed E-state index contributed by atoms with van der Waals surface area (Å²) in [7, 11) is 3.62. The van der Waals surface area contributed by atoms with Crippen molar-refractivity contribution in [2.45, 2.75) is 13.8 Å². The van der Waals surface area contributed by atoms with E-state index in [1.54, 1.807) is 18.7 Å². The molecule has 0 spiro atoms. The third-order valence-electron chi connectivity index (χ3n) is 4.36. The molecule has 0 aromatic heterocycles. The van der Waals surface area contributed by atoms with E-state index in [1.807, 2.05) is 24.3 Å². The van der Waals surface area contributed by atoms with Crippen LogP contribution in [0.5, 0.6) is 0 Å². The first-order chi connectivity index (χ1) is 12.8. The Morgan fingerprint density at radius 1 is 0.852 bits per heavy atom. The third-order valence-corrected chi connectivity index (χ3v) is 4.89. The van der Waals surface area contributed by atoms with Gasteiger partial charge in [-0.2, -0.15) is 0 Å². The van der Waals surface area contributed by atoms with Crippen LogP contribution in [0.25, 0.3) is 0 Å². The molecular weight excluding hydrogens is 418 g/mol. The zero-order chi connectivity index (χ0) is 20.3. The molecule has 0 fully saturated rings. The van der Waals surface area contributed by atoms with Gasteiger partial charge in [-0.1, -0.05) is 15.9 Å². The van der Waals surface area contributed by atoms with E-state index in [0.717, 1.165) is 4.47 Å². The monoisotopic (exact) mass is 437 g/mol. The second kappa shape index (κ2) is 8.39. The van der Waals surface area contributed by atoms with Gasteiger partial charge in [-0.05, 0) is 38.1 Å². The van der Waals surface area contributed by atoms with Crippen LogP contribution in [-0.2, 0) is 28.6 Å². The van der Waals surface area contributed by atoms with Gasteiger partial charge in [0.2, 0.25) is 0 Å². The Bertz CT molecular complexity index is 800. The summed E-state index contributed by atoms with van der Waals surface area (Å²) in [6.07, 6.45) is 0. The van der Waals surface area contributed by atoms with Gasteiger partial charge in [-0.25, -0.2) is 9.59 Å². The molecule has 7 nitrogen and oxygen atoms in total. The van der Waals surface area contributed by atoms with Crippen LogP contribution < -0.4 is 4.90 Å². The van der Waals surface area contributed by atoms with Gasteiger partial charge in [-0.3, -0.25) is 4.79 Å². The average molecular weight is 438 g/mol. The van der Waals surface area contributed by atoms with Crippen molar-refractivity contribution in [2.75, 3.05) is 26.2 Å². The maximum absolute atomic E-state index is 12.5. The summed E-state index contributed by atoms with van der Waals surface area (Å²) in [5, 5.41) is 0. The molecule has 0 amide bonds. The van der Waals surface area contributed by atoms with E-state index in [2.05, 4.69) is 15.9 Å². The van der Waals surface area contributed by atoms with E-state index in [-0.39, 0.29) is 11.1 Å². The molecule has 1 aromatic carbocycles. The van der Waals surface area contributed by atoms with Crippen LogP contribution in [0.4, 0.5) is 5.69 Å². The highest BCUT2D eigenvalue weighted by Gasteiger charge is 2.44. The second-order valence-electron chi connectivity index (χ2n) is 5.75. The standard InChI is InChI=1S/C19H20BrNO6/c1-10-14(17(22)25-3)16(19(24)27-5)15(18(23)26-4)11(2)21(10)13-8-6-12(20)7-9-13/h6-9,16H,1-5H3. The number of halogens is 1. The van der Waals surface area contributed by atoms with Gasteiger partial charge in [0, 0.05) is 21.6 Å². The minimum absolute atomic E-state index is 0.0262. The van der Waals surface area contributed by atoms with Crippen LogP contribution in [0, 0.1) is 5.92 Å². The fraction of sp³-hybridized carbons (Fsp3) is 0.316. The number of methoxy groups -OCH3 is 3. The highest BCUT2D eigenvalue weighted by Crippen LogP contribution is 2.40. The summed E-state index contributed by atoms with van der Waals surface area (Å²) in [6.45, 7) is 3.36. The largest absolute Gasteiger partial charge is 0.468 e. The molecule has 1 aliphatic heterocycles. The molecule has 0 radical (unpaired) electrons. The average Bonchev–Trinajstić information content (AvgIpc) is 2.67. The molecule has 8 heteroatoms. The predicted octanol–water partition coefficient (Wildman–Crippen LogP) is 2.95. The highest BCUT2D eigenvalue weighted by atomic mass is 79.9. The van der Waals surface area contributed by atoms with Gasteiger partial charge in [-0.15, -0.1) is 0 Å². The zero-order valence-corrected chi connectivity index (χ0v) is 17.2. The fourth-order valence-electron chi connectivity index (χ4n) is 3.14. The molecule has 1 heterocycles. The number of carbonyl (C=O) groups is 3. The first-order valence-corrected chi connectivity index (χ1v) is 8.79. The molecule has 144 valence electrons. The van der Waals surface area contributed by atoms with E-state index in [9.17, 15) is 14.4 Å². The van der Waals surface area contributed by atoms with Crippen molar-refractivity contribution in [3.63, 3.8) is 0 Å². The number of allylic oxidation sites excluding steroid dienone is 2. The van der Waals surface area contributed by atoms with Crippen LogP contribution >= 0.6 is 15.9 Å². The highest BCUT2D eigenvalue weighted by molar-refractivity contribution is 9.10. The van der Waals surface area contributed by atoms with Gasteiger partial charge in [0.25, 0.3) is 0 Å². The van der Waals surface area contributed by atoms with Crippen LogP contribution in [-0.4, -0.2) is 39.2 Å². The maximum atomic E-state index is 12.5. The summed E-state index contributed by atoms with van der Waals surface area (Å²) >= 11 is 3.38. The number of rotatable bonds is 4. The summed E-state index contributed by atoms with van der Waals surface area (Å²) in [5.41, 5.74) is 1.69. The number of benzene rings is 1. The van der Waals surface area contributed by atoms with E-state index >= 15 is 0 Å². The van der Waals surface area contributed by atoms with Crippen molar-refractivity contribution >= 4 is 39.5 Å². The third kappa shape index (κ3) is 3.75. The molecule has 0 N–H and O–H groups in total. The lowest BCUT2D eigenvalue weighted by atomic mass is 9.84. The molecule has 0 aliphatic carbocycles. The molecular formula is C19H20BrNO6. The van der Waals surface area contributed by atoms with Crippen molar-refractivity contribution in [3.8, 4) is 0 Å². The second-order valence-corrected chi connectivity index (χ2v) is 6.67. The number of ether oxygens (including phenoxy) is 3. The summed E-state index contributed by atoms with van der Waals surface area (Å²) < 4.78 is 15.5. The van der Waals surface area contributed by atoms with Crippen molar-refractivity contribution in [3.05, 3.63) is 51.3 Å². The lowest BCUT2D eigenvalue weighted by Crippen LogP contribution is -2.39. The van der Waals surface area contributed by atoms with E-state index in [4.69, 9.17) is 14.2 Å². The molecule has 27 heavy (non-hydrogen) atoms. The van der Waals surface area contributed by atoms with Crippen molar-refractivity contribution in [2.24, 2.45) is 5.92 Å². The number of nitrogens with zero attached hydrogens (tertiary/aromatic N) is 1. The molecule has 0 bridgehead atoms. The topological polar surface area (TPSA) is 82.1 Å². The van der Waals surface area contributed by atoms with Crippen LogP contribution in [0.1, 0.15) is 13.8 Å². The normalized spacial score (nSPS) is 15.0. The quantitative estimate of drug-likeness (QED) is 0.528. The van der Waals surface area contributed by atoms with E-state index in [1.165, 1.54) is 21.3 Å². The first kappa shape index (κ1) is 20.7. The molecule has 1 aliphatic rings. The van der Waals surface area contributed by atoms with E-state index in [0.29, 0.717) is 17.1 Å². The SMILES string of the molecule is COC(=O)C1=C(C)N(c2ccc(Br)cc2)C(C)=C(C(=O)OC)C1C(=O)OC. The number of carbonyl (C=O) groups excluding carboxylic acids is 3. The molecule has 0 saturated heterocycles. The number of esters is 3. The van der Waals surface area contributed by atoms with Crippen molar-refractivity contribution in [1.29, 1.82) is 0 Å². The van der Waals surface area contributed by atoms with Crippen LogP contribution in [0.3, 0.4) is 0 Å². The molecule has 2 rings (SSSR count). The Balaban J connectivity index is 2.81. The smallest absolute Gasteiger partial charge is 0.336 e.